The smallest absolute Gasteiger partial charge is 0.336 e. The molecule has 0 N–H and O–H groups in total. The number of benzene rings is 1. The van der Waals surface area contributed by atoms with Gasteiger partial charge in [-0.2, -0.15) is 0 Å². The molecule has 3 rings (SSSR count). The van der Waals surface area contributed by atoms with Gasteiger partial charge in [-0.05, 0) is 63.4 Å². The van der Waals surface area contributed by atoms with Gasteiger partial charge in [0.15, 0.2) is 11.5 Å². The number of hydrogen-bond acceptors (Lipinski definition) is 6. The Kier molecular flexibility index (Phi) is 5.78. The summed E-state index contributed by atoms with van der Waals surface area (Å²) in [6.45, 7) is 8.03. The minimum absolute atomic E-state index is 0.0388. The van der Waals surface area contributed by atoms with E-state index in [-0.39, 0.29) is 30.5 Å². The van der Waals surface area contributed by atoms with Crippen LogP contribution in [0.5, 0.6) is 11.5 Å². The molecule has 0 amide bonds. The van der Waals surface area contributed by atoms with Crippen LogP contribution in [0.2, 0.25) is 0 Å². The van der Waals surface area contributed by atoms with Gasteiger partial charge in [0.1, 0.15) is 5.76 Å². The summed E-state index contributed by atoms with van der Waals surface area (Å²) >= 11 is 0. The average molecular weight is 382 g/mol. The van der Waals surface area contributed by atoms with Gasteiger partial charge in [-0.1, -0.05) is 18.2 Å². The van der Waals surface area contributed by atoms with Crippen molar-refractivity contribution in [3.8, 4) is 11.5 Å². The lowest BCUT2D eigenvalue weighted by Crippen LogP contribution is -2.41. The zero-order chi connectivity index (χ0) is 20.3. The van der Waals surface area contributed by atoms with E-state index in [1.165, 1.54) is 6.08 Å². The van der Waals surface area contributed by atoms with Crippen molar-refractivity contribution in [3.05, 3.63) is 65.3 Å². The highest BCUT2D eigenvalue weighted by molar-refractivity contribution is 5.88. The lowest BCUT2D eigenvalue weighted by atomic mass is 10.2. The number of nitrogens with zero attached hydrogens (tertiary/aromatic N) is 1. The average Bonchev–Trinajstić information content (AvgIpc) is 3.27. The first-order valence-electron chi connectivity index (χ1n) is 9.24. The third-order valence-corrected chi connectivity index (χ3v) is 4.37. The summed E-state index contributed by atoms with van der Waals surface area (Å²) in [6.07, 6.45) is 7.95. The van der Waals surface area contributed by atoms with Crippen LogP contribution < -0.4 is 14.6 Å². The highest BCUT2D eigenvalue weighted by atomic mass is 16.7. The van der Waals surface area contributed by atoms with Crippen molar-refractivity contribution in [2.45, 2.75) is 39.8 Å². The molecule has 0 radical (unpaired) electrons. The van der Waals surface area contributed by atoms with Crippen LogP contribution in [0.25, 0.3) is 6.08 Å². The standard InChI is InChI=1S/C22H25NO5/c1-14(2)23(15(3)4)22(25)17-6-5-7-18(17)28-21(24)11-9-16-8-10-19-20(12-16)27-13-26-19/h5-12,14-15,25H,13H2,1-4H3/p-1/b11-9+,22-17-. The zero-order valence-corrected chi connectivity index (χ0v) is 16.5. The van der Waals surface area contributed by atoms with Crippen LogP contribution in [-0.2, 0) is 9.53 Å². The molecule has 0 saturated carbocycles. The highest BCUT2D eigenvalue weighted by Crippen LogP contribution is 2.33. The lowest BCUT2D eigenvalue weighted by molar-refractivity contribution is -0.339. The summed E-state index contributed by atoms with van der Waals surface area (Å²) in [6, 6.07) is 5.46. The third-order valence-electron chi connectivity index (χ3n) is 4.37. The molecule has 0 aromatic heterocycles. The Morgan fingerprint density at radius 2 is 1.89 bits per heavy atom. The summed E-state index contributed by atoms with van der Waals surface area (Å²) in [4.78, 5) is 14.0. The Balaban J connectivity index is 1.70. The number of fused-ring (bicyclic) bond motifs is 1. The van der Waals surface area contributed by atoms with Crippen LogP contribution in [0, 0.1) is 0 Å². The van der Waals surface area contributed by atoms with Gasteiger partial charge in [0.25, 0.3) is 0 Å². The molecule has 28 heavy (non-hydrogen) atoms. The molecule has 0 bridgehead atoms. The summed E-state index contributed by atoms with van der Waals surface area (Å²) in [5.41, 5.74) is 1.16. The fourth-order valence-corrected chi connectivity index (χ4v) is 3.20. The van der Waals surface area contributed by atoms with Crippen molar-refractivity contribution in [1.82, 2.24) is 4.90 Å². The summed E-state index contributed by atoms with van der Waals surface area (Å²) < 4.78 is 16.0. The zero-order valence-electron chi connectivity index (χ0n) is 16.5. The molecule has 1 aliphatic heterocycles. The first kappa shape index (κ1) is 19.6. The Bertz CT molecular complexity index is 869. The molecule has 1 aromatic rings. The first-order valence-corrected chi connectivity index (χ1v) is 9.24. The van der Waals surface area contributed by atoms with Gasteiger partial charge in [0, 0.05) is 23.7 Å². The van der Waals surface area contributed by atoms with E-state index in [9.17, 15) is 9.90 Å². The monoisotopic (exact) mass is 382 g/mol. The van der Waals surface area contributed by atoms with Crippen LogP contribution in [0.3, 0.4) is 0 Å². The molecule has 0 saturated heterocycles. The Hall–Kier alpha value is -3.15. The van der Waals surface area contributed by atoms with Crippen molar-refractivity contribution >= 4 is 12.0 Å². The molecule has 0 spiro atoms. The second-order valence-corrected chi connectivity index (χ2v) is 7.07. The molecule has 6 nitrogen and oxygen atoms in total. The predicted octanol–water partition coefficient (Wildman–Crippen LogP) is 3.12. The van der Waals surface area contributed by atoms with Gasteiger partial charge < -0.3 is 24.2 Å². The van der Waals surface area contributed by atoms with E-state index < -0.39 is 5.97 Å². The molecular formula is C22H24NO5-. The van der Waals surface area contributed by atoms with Crippen LogP contribution >= 0.6 is 0 Å². The predicted molar refractivity (Wildman–Crippen MR) is 104 cm³/mol. The molecular weight excluding hydrogens is 358 g/mol. The second kappa shape index (κ2) is 8.25. The molecule has 1 aliphatic carbocycles. The van der Waals surface area contributed by atoms with Crippen molar-refractivity contribution in [3.63, 3.8) is 0 Å². The Morgan fingerprint density at radius 3 is 2.61 bits per heavy atom. The van der Waals surface area contributed by atoms with Gasteiger partial charge >= 0.3 is 5.97 Å². The number of rotatable bonds is 6. The molecule has 2 aliphatic rings. The maximum atomic E-state index is 12.9. The van der Waals surface area contributed by atoms with Crippen LogP contribution in [0.4, 0.5) is 0 Å². The molecule has 6 heteroatoms. The minimum atomic E-state index is -0.557. The van der Waals surface area contributed by atoms with Crippen molar-refractivity contribution in [2.75, 3.05) is 6.79 Å². The van der Waals surface area contributed by atoms with E-state index in [0.717, 1.165) is 5.56 Å². The quantitative estimate of drug-likeness (QED) is 0.428. The van der Waals surface area contributed by atoms with E-state index in [4.69, 9.17) is 14.2 Å². The third kappa shape index (κ3) is 4.22. The fourth-order valence-electron chi connectivity index (χ4n) is 3.20. The van der Waals surface area contributed by atoms with Crippen molar-refractivity contribution in [2.24, 2.45) is 0 Å². The minimum Gasteiger partial charge on any atom is -0.860 e. The van der Waals surface area contributed by atoms with Gasteiger partial charge in [-0.15, -0.1) is 0 Å². The largest absolute Gasteiger partial charge is 0.860 e. The van der Waals surface area contributed by atoms with E-state index in [1.54, 1.807) is 41.3 Å². The maximum absolute atomic E-state index is 12.9. The normalized spacial score (nSPS) is 16.9. The van der Waals surface area contributed by atoms with Crippen LogP contribution in [0.15, 0.2) is 59.7 Å². The van der Waals surface area contributed by atoms with E-state index in [2.05, 4.69) is 0 Å². The molecule has 1 heterocycles. The van der Waals surface area contributed by atoms with Gasteiger partial charge in [0.05, 0.1) is 0 Å². The Morgan fingerprint density at radius 1 is 1.18 bits per heavy atom. The van der Waals surface area contributed by atoms with Crippen molar-refractivity contribution in [1.29, 1.82) is 0 Å². The molecule has 1 aromatic carbocycles. The lowest BCUT2D eigenvalue weighted by Gasteiger charge is -2.39. The molecule has 0 fully saturated rings. The van der Waals surface area contributed by atoms with Gasteiger partial charge in [-0.25, -0.2) is 4.79 Å². The van der Waals surface area contributed by atoms with Gasteiger partial charge in [0.2, 0.25) is 6.79 Å². The maximum Gasteiger partial charge on any atom is 0.336 e. The number of carbonyl (C=O) groups excluding carboxylic acids is 1. The number of carbonyl (C=O) groups is 1. The second-order valence-electron chi connectivity index (χ2n) is 7.07. The molecule has 0 atom stereocenters. The number of esters is 1. The first-order chi connectivity index (χ1) is 13.4. The van der Waals surface area contributed by atoms with Gasteiger partial charge in [-0.3, -0.25) is 0 Å². The van der Waals surface area contributed by atoms with E-state index >= 15 is 0 Å². The number of hydrogen-bond donors (Lipinski definition) is 0. The fraction of sp³-hybridized carbons (Fsp3) is 0.318. The number of ether oxygens (including phenoxy) is 3. The van der Waals surface area contributed by atoms with E-state index in [1.807, 2.05) is 33.8 Å². The highest BCUT2D eigenvalue weighted by Gasteiger charge is 2.19. The topological polar surface area (TPSA) is 71.1 Å². The SMILES string of the molecule is CC(C)N(/C([O-])=C1\C=CC=C1OC(=O)/C=C/c1ccc2c(c1)OCO2)C(C)C. The van der Waals surface area contributed by atoms with E-state index in [0.29, 0.717) is 17.1 Å². The Labute approximate surface area is 165 Å². The summed E-state index contributed by atoms with van der Waals surface area (Å²) in [5, 5.41) is 12.9. The summed E-state index contributed by atoms with van der Waals surface area (Å²) in [7, 11) is 0. The van der Waals surface area contributed by atoms with Crippen LogP contribution in [0.1, 0.15) is 33.3 Å². The summed E-state index contributed by atoms with van der Waals surface area (Å²) in [5.74, 6) is 0.870. The number of allylic oxidation sites excluding steroid dienone is 3. The van der Waals surface area contributed by atoms with Crippen molar-refractivity contribution < 1.29 is 24.1 Å². The molecule has 0 unspecified atom stereocenters. The van der Waals surface area contributed by atoms with Crippen LogP contribution in [-0.4, -0.2) is 29.7 Å². The molecule has 148 valence electrons.